The van der Waals surface area contributed by atoms with Gasteiger partial charge in [-0.05, 0) is 66.6 Å². The number of hydrogen-bond acceptors (Lipinski definition) is 8. The topological polar surface area (TPSA) is 126 Å². The van der Waals surface area contributed by atoms with Gasteiger partial charge in [0.25, 0.3) is 11.2 Å². The summed E-state index contributed by atoms with van der Waals surface area (Å²) in [5.41, 5.74) is 1.86. The molecule has 0 aliphatic rings. The van der Waals surface area contributed by atoms with Gasteiger partial charge in [-0.15, -0.1) is 0 Å². The molecule has 0 atom stereocenters. The maximum Gasteiger partial charge on any atom is 0.336 e. The predicted molar refractivity (Wildman–Crippen MR) is 160 cm³/mol. The smallest absolute Gasteiger partial charge is 0.336 e. The fourth-order valence-electron chi connectivity index (χ4n) is 4.10. The molecular formula is C32H24N4O6. The van der Waals surface area contributed by atoms with Crippen molar-refractivity contribution < 1.29 is 19.2 Å². The van der Waals surface area contributed by atoms with E-state index in [9.17, 15) is 19.7 Å². The number of benzene rings is 4. The first-order valence-corrected chi connectivity index (χ1v) is 13.0. The molecule has 0 fully saturated rings. The number of fused-ring (bicyclic) bond motifs is 1. The molecule has 10 nitrogen and oxygen atoms in total. The van der Waals surface area contributed by atoms with Crippen molar-refractivity contribution in [3.63, 3.8) is 0 Å². The second-order valence-electron chi connectivity index (χ2n) is 8.92. The van der Waals surface area contributed by atoms with Gasteiger partial charge in [-0.2, -0.15) is 9.78 Å². The van der Waals surface area contributed by atoms with Gasteiger partial charge in [-0.3, -0.25) is 14.9 Å². The molecule has 0 amide bonds. The van der Waals surface area contributed by atoms with Gasteiger partial charge in [0.1, 0.15) is 0 Å². The molecule has 42 heavy (non-hydrogen) atoms. The van der Waals surface area contributed by atoms with E-state index in [1.54, 1.807) is 55.5 Å². The Morgan fingerprint density at radius 2 is 1.69 bits per heavy atom. The first kappa shape index (κ1) is 27.7. The first-order valence-electron chi connectivity index (χ1n) is 13.0. The van der Waals surface area contributed by atoms with Crippen LogP contribution in [0.2, 0.25) is 0 Å². The van der Waals surface area contributed by atoms with Gasteiger partial charge in [0.15, 0.2) is 17.3 Å². The third-order valence-corrected chi connectivity index (χ3v) is 6.10. The number of aromatic nitrogens is 2. The molecule has 208 valence electrons. The van der Waals surface area contributed by atoms with Crippen LogP contribution < -0.4 is 15.0 Å². The lowest BCUT2D eigenvalue weighted by Crippen LogP contribution is -2.20. The van der Waals surface area contributed by atoms with Gasteiger partial charge in [-0.1, -0.05) is 42.5 Å². The van der Waals surface area contributed by atoms with E-state index in [1.807, 2.05) is 30.3 Å². The highest BCUT2D eigenvalue weighted by atomic mass is 16.6. The minimum absolute atomic E-state index is 0.0864. The Morgan fingerprint density at radius 1 is 0.952 bits per heavy atom. The maximum absolute atomic E-state index is 13.4. The molecule has 0 radical (unpaired) electrons. The number of ether oxygens (including phenoxy) is 2. The second kappa shape index (κ2) is 12.5. The van der Waals surface area contributed by atoms with E-state index in [1.165, 1.54) is 36.6 Å². The number of carbonyl (C=O) groups excluding carboxylic acids is 1. The zero-order valence-corrected chi connectivity index (χ0v) is 22.4. The molecule has 0 bridgehead atoms. The van der Waals surface area contributed by atoms with E-state index in [0.717, 1.165) is 10.2 Å². The van der Waals surface area contributed by atoms with Gasteiger partial charge < -0.3 is 9.47 Å². The van der Waals surface area contributed by atoms with Crippen LogP contribution in [-0.2, 0) is 4.79 Å². The minimum atomic E-state index is -0.567. The van der Waals surface area contributed by atoms with Crippen molar-refractivity contribution in [1.29, 1.82) is 0 Å². The Labute approximate surface area is 240 Å². The number of nitro benzene ring substituents is 1. The molecule has 1 heterocycles. The Bertz CT molecular complexity index is 1880. The standard InChI is InChI=1S/C32H24N4O6/c1-2-41-29-20-23(12-18-28(29)42-30(37)19-13-22-8-4-3-5-9-22)21-33-35-31(24-14-16-25(17-15-24)36(39)40)34-27-11-7-6-10-26(27)32(35)38/h3-21H,2H2,1H3/b19-13+,33-21?. The van der Waals surface area contributed by atoms with Crippen LogP contribution >= 0.6 is 0 Å². The lowest BCUT2D eigenvalue weighted by molar-refractivity contribution is -0.384. The van der Waals surface area contributed by atoms with Crippen molar-refractivity contribution in [3.05, 3.63) is 135 Å². The summed E-state index contributed by atoms with van der Waals surface area (Å²) in [5.74, 6) is 0.198. The zero-order chi connectivity index (χ0) is 29.5. The van der Waals surface area contributed by atoms with Gasteiger partial charge in [0, 0.05) is 23.8 Å². The number of hydrogen-bond donors (Lipinski definition) is 0. The van der Waals surface area contributed by atoms with E-state index in [-0.39, 0.29) is 17.3 Å². The molecule has 0 unspecified atom stereocenters. The first-order chi connectivity index (χ1) is 20.4. The van der Waals surface area contributed by atoms with E-state index in [4.69, 9.17) is 9.47 Å². The summed E-state index contributed by atoms with van der Waals surface area (Å²) in [4.78, 5) is 41.1. The van der Waals surface area contributed by atoms with Gasteiger partial charge in [0.2, 0.25) is 0 Å². The summed E-state index contributed by atoms with van der Waals surface area (Å²) < 4.78 is 12.3. The van der Waals surface area contributed by atoms with Crippen molar-refractivity contribution in [2.75, 3.05) is 6.61 Å². The fraction of sp³-hybridized carbons (Fsp3) is 0.0625. The quantitative estimate of drug-likeness (QED) is 0.0551. The summed E-state index contributed by atoms with van der Waals surface area (Å²) in [6, 6.07) is 26.8. The highest BCUT2D eigenvalue weighted by Crippen LogP contribution is 2.29. The number of nitrogens with zero attached hydrogens (tertiary/aromatic N) is 4. The molecule has 5 aromatic rings. The lowest BCUT2D eigenvalue weighted by atomic mass is 10.1. The van der Waals surface area contributed by atoms with E-state index in [0.29, 0.717) is 34.4 Å². The third kappa shape index (κ3) is 6.28. The lowest BCUT2D eigenvalue weighted by Gasteiger charge is -2.11. The number of non-ortho nitro benzene ring substituents is 1. The zero-order valence-electron chi connectivity index (χ0n) is 22.4. The molecule has 1 aromatic heterocycles. The molecular weight excluding hydrogens is 536 g/mol. The fourth-order valence-corrected chi connectivity index (χ4v) is 4.10. The highest BCUT2D eigenvalue weighted by molar-refractivity contribution is 5.89. The molecule has 0 N–H and O–H groups in total. The highest BCUT2D eigenvalue weighted by Gasteiger charge is 2.15. The summed E-state index contributed by atoms with van der Waals surface area (Å²) in [6.45, 7) is 2.13. The number of esters is 1. The summed E-state index contributed by atoms with van der Waals surface area (Å²) in [7, 11) is 0. The Balaban J connectivity index is 1.47. The van der Waals surface area contributed by atoms with Gasteiger partial charge in [0.05, 0.1) is 28.6 Å². The number of rotatable bonds is 9. The Kier molecular flexibility index (Phi) is 8.24. The third-order valence-electron chi connectivity index (χ3n) is 6.10. The van der Waals surface area contributed by atoms with Crippen LogP contribution in [0.5, 0.6) is 11.5 Å². The van der Waals surface area contributed by atoms with Crippen LogP contribution in [0.3, 0.4) is 0 Å². The van der Waals surface area contributed by atoms with Gasteiger partial charge in [-0.25, -0.2) is 9.78 Å². The molecule has 10 heteroatoms. The van der Waals surface area contributed by atoms with E-state index in [2.05, 4.69) is 10.1 Å². The molecule has 0 aliphatic carbocycles. The van der Waals surface area contributed by atoms with Crippen LogP contribution in [0.25, 0.3) is 28.4 Å². The average Bonchev–Trinajstić information content (AvgIpc) is 3.01. The van der Waals surface area contributed by atoms with E-state index < -0.39 is 16.5 Å². The predicted octanol–water partition coefficient (Wildman–Crippen LogP) is 5.87. The van der Waals surface area contributed by atoms with E-state index >= 15 is 0 Å². The molecule has 4 aromatic carbocycles. The van der Waals surface area contributed by atoms with Crippen LogP contribution in [0.15, 0.2) is 113 Å². The summed E-state index contributed by atoms with van der Waals surface area (Å²) in [6.07, 6.45) is 4.44. The minimum Gasteiger partial charge on any atom is -0.490 e. The average molecular weight is 561 g/mol. The molecule has 5 rings (SSSR count). The van der Waals surface area contributed by atoms with Crippen molar-refractivity contribution in [2.24, 2.45) is 5.10 Å². The van der Waals surface area contributed by atoms with Crippen LogP contribution in [0, 0.1) is 10.1 Å². The molecule has 0 aliphatic heterocycles. The number of para-hydroxylation sites is 1. The van der Waals surface area contributed by atoms with Gasteiger partial charge >= 0.3 is 5.97 Å². The summed E-state index contributed by atoms with van der Waals surface area (Å²) in [5, 5.41) is 15.9. The second-order valence-corrected chi connectivity index (χ2v) is 8.92. The van der Waals surface area contributed by atoms with Crippen molar-refractivity contribution >= 4 is 34.9 Å². The maximum atomic E-state index is 13.4. The van der Waals surface area contributed by atoms with Crippen molar-refractivity contribution in [1.82, 2.24) is 9.66 Å². The summed E-state index contributed by atoms with van der Waals surface area (Å²) >= 11 is 0. The van der Waals surface area contributed by atoms with Crippen molar-refractivity contribution in [2.45, 2.75) is 6.92 Å². The molecule has 0 saturated carbocycles. The van der Waals surface area contributed by atoms with Crippen molar-refractivity contribution in [3.8, 4) is 22.9 Å². The molecule has 0 spiro atoms. The normalized spacial score (nSPS) is 11.3. The van der Waals surface area contributed by atoms with Crippen LogP contribution in [-0.4, -0.2) is 33.4 Å². The SMILES string of the molecule is CCOc1cc(C=Nn2c(-c3ccc([N+](=O)[O-])cc3)nc3ccccc3c2=O)ccc1OC(=O)/C=C/c1ccccc1. The largest absolute Gasteiger partial charge is 0.490 e. The number of nitro groups is 1. The Morgan fingerprint density at radius 3 is 2.43 bits per heavy atom. The van der Waals surface area contributed by atoms with Crippen LogP contribution in [0.4, 0.5) is 5.69 Å². The van der Waals surface area contributed by atoms with Crippen LogP contribution in [0.1, 0.15) is 18.1 Å². The monoisotopic (exact) mass is 560 g/mol. The Hall–Kier alpha value is -5.90. The number of carbonyl (C=O) groups is 1. The molecule has 0 saturated heterocycles.